The highest BCUT2D eigenvalue weighted by Crippen LogP contribution is 2.06. The molecule has 100 valence electrons. The lowest BCUT2D eigenvalue weighted by molar-refractivity contribution is -0.120. The van der Waals surface area contributed by atoms with E-state index in [2.05, 4.69) is 26.3 Å². The van der Waals surface area contributed by atoms with Crippen LogP contribution in [-0.2, 0) is 17.8 Å². The molecule has 0 unspecified atom stereocenters. The monoisotopic (exact) mass is 321 g/mol. The van der Waals surface area contributed by atoms with Gasteiger partial charge >= 0.3 is 0 Å². The van der Waals surface area contributed by atoms with E-state index in [4.69, 9.17) is 0 Å². The summed E-state index contributed by atoms with van der Waals surface area (Å²) in [5.74, 6) is 0.0628. The predicted molar refractivity (Wildman–Crippen MR) is 77.7 cm³/mol. The fourth-order valence-corrected chi connectivity index (χ4v) is 2.10. The van der Waals surface area contributed by atoms with Gasteiger partial charge in [0.05, 0.1) is 17.1 Å². The number of benzene rings is 1. The average molecular weight is 322 g/mol. The number of hydrogen-bond acceptors (Lipinski definition) is 2. The molecule has 0 fully saturated rings. The lowest BCUT2D eigenvalue weighted by Gasteiger charge is -2.05. The second-order valence-electron chi connectivity index (χ2n) is 4.29. The maximum atomic E-state index is 11.7. The van der Waals surface area contributed by atoms with Crippen LogP contribution in [0.25, 0.3) is 0 Å². The molecular formula is C14H16BrN3O. The Hall–Kier alpha value is -1.62. The van der Waals surface area contributed by atoms with Crippen molar-refractivity contribution in [3.05, 3.63) is 52.8 Å². The van der Waals surface area contributed by atoms with Gasteiger partial charge < -0.3 is 5.32 Å². The summed E-state index contributed by atoms with van der Waals surface area (Å²) >= 11 is 3.35. The summed E-state index contributed by atoms with van der Waals surface area (Å²) in [6.07, 6.45) is 4.99. The van der Waals surface area contributed by atoms with Gasteiger partial charge in [0.15, 0.2) is 0 Å². The van der Waals surface area contributed by atoms with Crippen LogP contribution in [-0.4, -0.2) is 22.2 Å². The standard InChI is InChI=1S/C14H16BrN3O/c15-13-10-17-18(11-13)8-4-7-16-14(19)9-12-5-2-1-3-6-12/h1-3,5-6,10-11H,4,7-9H2,(H,16,19). The van der Waals surface area contributed by atoms with Gasteiger partial charge in [0, 0.05) is 19.3 Å². The molecule has 19 heavy (non-hydrogen) atoms. The quantitative estimate of drug-likeness (QED) is 0.830. The topological polar surface area (TPSA) is 46.9 Å². The largest absolute Gasteiger partial charge is 0.356 e. The van der Waals surface area contributed by atoms with Crippen LogP contribution in [0, 0.1) is 0 Å². The summed E-state index contributed by atoms with van der Waals surface area (Å²) in [4.78, 5) is 11.7. The molecule has 2 aromatic rings. The Balaban J connectivity index is 1.64. The molecule has 1 N–H and O–H groups in total. The summed E-state index contributed by atoms with van der Waals surface area (Å²) in [6, 6.07) is 9.75. The number of carbonyl (C=O) groups is 1. The molecule has 1 aromatic carbocycles. The third-order valence-electron chi connectivity index (χ3n) is 2.70. The summed E-state index contributed by atoms with van der Waals surface area (Å²) in [5, 5.41) is 7.07. The van der Waals surface area contributed by atoms with Crippen LogP contribution in [0.3, 0.4) is 0 Å². The van der Waals surface area contributed by atoms with Crippen LogP contribution in [0.4, 0.5) is 0 Å². The Labute approximate surface area is 120 Å². The SMILES string of the molecule is O=C(Cc1ccccc1)NCCCn1cc(Br)cn1. The zero-order valence-corrected chi connectivity index (χ0v) is 12.1. The van der Waals surface area contributed by atoms with Crippen LogP contribution in [0.15, 0.2) is 47.2 Å². The Morgan fingerprint density at radius 2 is 2.11 bits per heavy atom. The first-order chi connectivity index (χ1) is 9.24. The zero-order chi connectivity index (χ0) is 13.5. The minimum absolute atomic E-state index is 0.0628. The Bertz CT molecular complexity index is 524. The van der Waals surface area contributed by atoms with Gasteiger partial charge in [-0.15, -0.1) is 0 Å². The van der Waals surface area contributed by atoms with Gasteiger partial charge in [-0.2, -0.15) is 5.10 Å². The number of carbonyl (C=O) groups excluding carboxylic acids is 1. The lowest BCUT2D eigenvalue weighted by Crippen LogP contribution is -2.26. The number of hydrogen-bond donors (Lipinski definition) is 1. The van der Waals surface area contributed by atoms with Crippen molar-refractivity contribution < 1.29 is 4.79 Å². The highest BCUT2D eigenvalue weighted by atomic mass is 79.9. The number of aromatic nitrogens is 2. The molecule has 0 saturated heterocycles. The maximum absolute atomic E-state index is 11.7. The molecule has 4 nitrogen and oxygen atoms in total. The van der Waals surface area contributed by atoms with E-state index in [1.807, 2.05) is 41.2 Å². The van der Waals surface area contributed by atoms with E-state index < -0.39 is 0 Å². The molecule has 0 bridgehead atoms. The fourth-order valence-electron chi connectivity index (χ4n) is 1.77. The molecule has 0 atom stereocenters. The van der Waals surface area contributed by atoms with Gasteiger partial charge in [-0.3, -0.25) is 9.48 Å². The van der Waals surface area contributed by atoms with Gasteiger partial charge in [-0.05, 0) is 27.9 Å². The van der Waals surface area contributed by atoms with Crippen molar-refractivity contribution in [1.82, 2.24) is 15.1 Å². The number of nitrogens with one attached hydrogen (secondary N) is 1. The van der Waals surface area contributed by atoms with Crippen LogP contribution in [0.5, 0.6) is 0 Å². The molecular weight excluding hydrogens is 306 g/mol. The first-order valence-electron chi connectivity index (χ1n) is 6.22. The van der Waals surface area contributed by atoms with Crippen LogP contribution >= 0.6 is 15.9 Å². The van der Waals surface area contributed by atoms with E-state index in [0.29, 0.717) is 13.0 Å². The van der Waals surface area contributed by atoms with Crippen molar-refractivity contribution in [2.75, 3.05) is 6.54 Å². The maximum Gasteiger partial charge on any atom is 0.224 e. The summed E-state index contributed by atoms with van der Waals surface area (Å²) in [5.41, 5.74) is 1.04. The van der Waals surface area contributed by atoms with Gasteiger partial charge in [0.25, 0.3) is 0 Å². The van der Waals surface area contributed by atoms with Gasteiger partial charge in [-0.25, -0.2) is 0 Å². The van der Waals surface area contributed by atoms with Crippen LogP contribution in [0.1, 0.15) is 12.0 Å². The zero-order valence-electron chi connectivity index (χ0n) is 10.6. The smallest absolute Gasteiger partial charge is 0.224 e. The Morgan fingerprint density at radius 3 is 2.79 bits per heavy atom. The summed E-state index contributed by atoms with van der Waals surface area (Å²) in [7, 11) is 0. The van der Waals surface area contributed by atoms with Crippen molar-refractivity contribution >= 4 is 21.8 Å². The summed E-state index contributed by atoms with van der Waals surface area (Å²) < 4.78 is 2.83. The van der Waals surface area contributed by atoms with E-state index in [0.717, 1.165) is 23.0 Å². The third kappa shape index (κ3) is 4.87. The number of aryl methyl sites for hydroxylation is 1. The second kappa shape index (κ2) is 7.09. The third-order valence-corrected chi connectivity index (χ3v) is 3.10. The van der Waals surface area contributed by atoms with E-state index in [1.165, 1.54) is 0 Å². The molecule has 1 aromatic heterocycles. The first kappa shape index (κ1) is 13.8. The highest BCUT2D eigenvalue weighted by Gasteiger charge is 2.02. The van der Waals surface area contributed by atoms with Crippen molar-refractivity contribution in [2.24, 2.45) is 0 Å². The average Bonchev–Trinajstić information content (AvgIpc) is 2.82. The van der Waals surface area contributed by atoms with E-state index >= 15 is 0 Å². The molecule has 0 aliphatic heterocycles. The first-order valence-corrected chi connectivity index (χ1v) is 7.02. The molecule has 1 amide bonds. The highest BCUT2D eigenvalue weighted by molar-refractivity contribution is 9.10. The number of nitrogens with zero attached hydrogens (tertiary/aromatic N) is 2. The number of rotatable bonds is 6. The normalized spacial score (nSPS) is 10.4. The van der Waals surface area contributed by atoms with Crippen LogP contribution in [0.2, 0.25) is 0 Å². The molecule has 0 radical (unpaired) electrons. The van der Waals surface area contributed by atoms with E-state index in [-0.39, 0.29) is 5.91 Å². The lowest BCUT2D eigenvalue weighted by atomic mass is 10.1. The molecule has 0 saturated carbocycles. The molecule has 2 rings (SSSR count). The summed E-state index contributed by atoms with van der Waals surface area (Å²) in [6.45, 7) is 1.47. The Morgan fingerprint density at radius 1 is 1.32 bits per heavy atom. The number of halogens is 1. The van der Waals surface area contributed by atoms with Crippen molar-refractivity contribution in [2.45, 2.75) is 19.4 Å². The second-order valence-corrected chi connectivity index (χ2v) is 5.20. The molecule has 5 heteroatoms. The Kier molecular flexibility index (Phi) is 5.15. The fraction of sp³-hybridized carbons (Fsp3) is 0.286. The van der Waals surface area contributed by atoms with Gasteiger partial charge in [-0.1, -0.05) is 30.3 Å². The molecule has 1 heterocycles. The van der Waals surface area contributed by atoms with Crippen LogP contribution < -0.4 is 5.32 Å². The molecule has 0 aliphatic rings. The van der Waals surface area contributed by atoms with Crippen molar-refractivity contribution in [1.29, 1.82) is 0 Å². The van der Waals surface area contributed by atoms with E-state index in [1.54, 1.807) is 6.20 Å². The molecule has 0 spiro atoms. The minimum Gasteiger partial charge on any atom is -0.356 e. The van der Waals surface area contributed by atoms with Crippen molar-refractivity contribution in [3.63, 3.8) is 0 Å². The van der Waals surface area contributed by atoms with E-state index in [9.17, 15) is 4.79 Å². The van der Waals surface area contributed by atoms with Gasteiger partial charge in [0.1, 0.15) is 0 Å². The number of amides is 1. The van der Waals surface area contributed by atoms with Crippen molar-refractivity contribution in [3.8, 4) is 0 Å². The minimum atomic E-state index is 0.0628. The van der Waals surface area contributed by atoms with Gasteiger partial charge in [0.2, 0.25) is 5.91 Å². The molecule has 0 aliphatic carbocycles. The predicted octanol–water partition coefficient (Wildman–Crippen LogP) is 2.39.